The van der Waals surface area contributed by atoms with E-state index in [1.165, 1.54) is 148 Å². The lowest BCUT2D eigenvalue weighted by molar-refractivity contribution is -0.136. The number of hydrogen-bond donors (Lipinski definition) is 0. The fraction of sp³-hybridized carbons (Fsp3) is 0.952. The van der Waals surface area contributed by atoms with Gasteiger partial charge in [0, 0.05) is 0 Å². The maximum absolute atomic E-state index is 14.5. The first-order valence-electron chi connectivity index (χ1n) is 21.6. The zero-order valence-corrected chi connectivity index (χ0v) is 32.9. The number of nitrogens with zero attached hydrogens (tertiary/aromatic N) is 4. The van der Waals surface area contributed by atoms with E-state index in [9.17, 15) is 9.59 Å². The van der Waals surface area contributed by atoms with Crippen LogP contribution in [-0.4, -0.2) is 76.6 Å². The lowest BCUT2D eigenvalue weighted by Crippen LogP contribution is -2.54. The van der Waals surface area contributed by atoms with Gasteiger partial charge in [0.05, 0.1) is 13.3 Å². The highest BCUT2D eigenvalue weighted by molar-refractivity contribution is 6.07. The molecule has 1 aliphatic heterocycles. The van der Waals surface area contributed by atoms with Crippen molar-refractivity contribution in [2.24, 2.45) is 0 Å². The zero-order valence-electron chi connectivity index (χ0n) is 32.9. The number of amides is 3. The fourth-order valence-electron chi connectivity index (χ4n) is 8.09. The van der Waals surface area contributed by atoms with Crippen LogP contribution in [0.25, 0.3) is 0 Å². The van der Waals surface area contributed by atoms with Crippen LogP contribution < -0.4 is 0 Å². The second-order valence-corrected chi connectivity index (χ2v) is 15.6. The number of urea groups is 1. The standard InChI is InChI=1S/C42H82N4O2/c1-5-9-13-17-21-28-34-43(35-29-22-18-14-10-6-2)38-45-40(47)42(32-26-25-27-33-42)46(41(45)48)39-44(36-30-23-19-15-11-7-3)37-31-24-20-16-12-8-4/h5-39H2,1-4H3. The molecule has 282 valence electrons. The normalized spacial score (nSPS) is 16.5. The van der Waals surface area contributed by atoms with Gasteiger partial charge >= 0.3 is 6.03 Å². The predicted molar refractivity (Wildman–Crippen MR) is 206 cm³/mol. The fourth-order valence-corrected chi connectivity index (χ4v) is 8.09. The molecule has 1 spiro atoms. The predicted octanol–water partition coefficient (Wildman–Crippen LogP) is 11.9. The second-order valence-electron chi connectivity index (χ2n) is 15.6. The summed E-state index contributed by atoms with van der Waals surface area (Å²) < 4.78 is 0. The number of carbonyl (C=O) groups excluding carboxylic acids is 2. The van der Waals surface area contributed by atoms with E-state index in [-0.39, 0.29) is 11.9 Å². The van der Waals surface area contributed by atoms with Gasteiger partial charge in [-0.15, -0.1) is 0 Å². The molecule has 2 rings (SSSR count). The molecule has 1 saturated heterocycles. The molecule has 2 fully saturated rings. The molecular weight excluding hydrogens is 592 g/mol. The van der Waals surface area contributed by atoms with Crippen molar-refractivity contribution in [2.75, 3.05) is 39.5 Å². The van der Waals surface area contributed by atoms with Crippen molar-refractivity contribution in [1.29, 1.82) is 0 Å². The SMILES string of the molecule is CCCCCCCCN(CCCCCCCC)CN1C(=O)N(CN(CCCCCCCC)CCCCCCCC)C2(CCCCC2)C1=O. The van der Waals surface area contributed by atoms with Gasteiger partial charge in [0.15, 0.2) is 0 Å². The number of imide groups is 1. The summed E-state index contributed by atoms with van der Waals surface area (Å²) in [5.74, 6) is 0.113. The van der Waals surface area contributed by atoms with Crippen molar-refractivity contribution in [3.63, 3.8) is 0 Å². The van der Waals surface area contributed by atoms with Crippen LogP contribution in [0.15, 0.2) is 0 Å². The van der Waals surface area contributed by atoms with E-state index >= 15 is 0 Å². The van der Waals surface area contributed by atoms with Crippen molar-refractivity contribution in [1.82, 2.24) is 19.6 Å². The molecule has 2 aliphatic rings. The third-order valence-electron chi connectivity index (χ3n) is 11.3. The molecule has 0 bridgehead atoms. The summed E-state index contributed by atoms with van der Waals surface area (Å²) in [7, 11) is 0. The Balaban J connectivity index is 2.13. The van der Waals surface area contributed by atoms with Gasteiger partial charge in [-0.05, 0) is 64.7 Å². The zero-order chi connectivity index (χ0) is 34.7. The molecular formula is C42H82N4O2. The molecule has 0 aromatic heterocycles. The molecule has 48 heavy (non-hydrogen) atoms. The van der Waals surface area contributed by atoms with Gasteiger partial charge in [-0.25, -0.2) is 9.69 Å². The molecule has 0 aromatic carbocycles. The summed E-state index contributed by atoms with van der Waals surface area (Å²) in [5, 5.41) is 0. The van der Waals surface area contributed by atoms with Crippen molar-refractivity contribution < 1.29 is 9.59 Å². The molecule has 0 radical (unpaired) electrons. The van der Waals surface area contributed by atoms with Gasteiger partial charge in [0.2, 0.25) is 0 Å². The average Bonchev–Trinajstić information content (AvgIpc) is 3.27. The first-order valence-corrected chi connectivity index (χ1v) is 21.6. The molecule has 1 heterocycles. The third-order valence-corrected chi connectivity index (χ3v) is 11.3. The largest absolute Gasteiger partial charge is 0.329 e. The summed E-state index contributed by atoms with van der Waals surface area (Å²) in [6.07, 6.45) is 35.6. The number of unbranched alkanes of at least 4 members (excludes halogenated alkanes) is 20. The molecule has 6 heteroatoms. The molecule has 0 unspecified atom stereocenters. The van der Waals surface area contributed by atoms with Gasteiger partial charge in [0.1, 0.15) is 5.54 Å². The molecule has 0 atom stereocenters. The van der Waals surface area contributed by atoms with Crippen molar-refractivity contribution in [2.45, 2.75) is 219 Å². The monoisotopic (exact) mass is 675 g/mol. The van der Waals surface area contributed by atoms with E-state index < -0.39 is 5.54 Å². The summed E-state index contributed by atoms with van der Waals surface area (Å²) in [6, 6.07) is -0.00585. The Kier molecular flexibility index (Phi) is 24.7. The Morgan fingerprint density at radius 2 is 0.792 bits per heavy atom. The number of carbonyl (C=O) groups is 2. The van der Waals surface area contributed by atoms with Crippen LogP contribution in [0.3, 0.4) is 0 Å². The molecule has 6 nitrogen and oxygen atoms in total. The quantitative estimate of drug-likeness (QED) is 0.0526. The minimum atomic E-state index is -0.623. The van der Waals surface area contributed by atoms with E-state index in [1.807, 2.05) is 0 Å². The van der Waals surface area contributed by atoms with Crippen LogP contribution in [-0.2, 0) is 4.79 Å². The topological polar surface area (TPSA) is 47.1 Å². The van der Waals surface area contributed by atoms with E-state index in [0.717, 1.165) is 64.7 Å². The Hall–Kier alpha value is -1.14. The molecule has 3 amide bonds. The van der Waals surface area contributed by atoms with Crippen molar-refractivity contribution >= 4 is 11.9 Å². The first kappa shape index (κ1) is 43.0. The summed E-state index contributed by atoms with van der Waals surface area (Å²) in [5.41, 5.74) is -0.623. The van der Waals surface area contributed by atoms with Crippen molar-refractivity contribution in [3.05, 3.63) is 0 Å². The maximum Gasteiger partial charge on any atom is 0.329 e. The molecule has 0 N–H and O–H groups in total. The molecule has 1 aliphatic carbocycles. The summed E-state index contributed by atoms with van der Waals surface area (Å²) >= 11 is 0. The Labute approximate surface area is 299 Å². The summed E-state index contributed by atoms with van der Waals surface area (Å²) in [6.45, 7) is 14.3. The lowest BCUT2D eigenvalue weighted by atomic mass is 9.80. The van der Waals surface area contributed by atoms with E-state index in [4.69, 9.17) is 0 Å². The van der Waals surface area contributed by atoms with Crippen LogP contribution in [0, 0.1) is 0 Å². The lowest BCUT2D eigenvalue weighted by Gasteiger charge is -2.40. The maximum atomic E-state index is 14.5. The minimum Gasteiger partial charge on any atom is -0.297 e. The Morgan fingerprint density at radius 3 is 1.17 bits per heavy atom. The van der Waals surface area contributed by atoms with Crippen LogP contribution in [0.4, 0.5) is 4.79 Å². The Bertz CT molecular complexity index is 767. The molecule has 1 saturated carbocycles. The van der Waals surface area contributed by atoms with E-state index in [1.54, 1.807) is 4.90 Å². The number of hydrogen-bond acceptors (Lipinski definition) is 4. The highest BCUT2D eigenvalue weighted by Gasteiger charge is 2.57. The molecule has 0 aromatic rings. The smallest absolute Gasteiger partial charge is 0.297 e. The highest BCUT2D eigenvalue weighted by Crippen LogP contribution is 2.41. The summed E-state index contributed by atoms with van der Waals surface area (Å²) in [4.78, 5) is 37.7. The Morgan fingerprint density at radius 1 is 0.458 bits per heavy atom. The van der Waals surface area contributed by atoms with Crippen LogP contribution in [0.5, 0.6) is 0 Å². The van der Waals surface area contributed by atoms with E-state index in [0.29, 0.717) is 13.3 Å². The first-order chi connectivity index (χ1) is 23.5. The van der Waals surface area contributed by atoms with Crippen LogP contribution >= 0.6 is 0 Å². The van der Waals surface area contributed by atoms with Crippen LogP contribution in [0.2, 0.25) is 0 Å². The van der Waals surface area contributed by atoms with Crippen LogP contribution in [0.1, 0.15) is 214 Å². The third kappa shape index (κ3) is 16.3. The second kappa shape index (κ2) is 27.6. The van der Waals surface area contributed by atoms with Gasteiger partial charge in [0.25, 0.3) is 5.91 Å². The highest BCUT2D eigenvalue weighted by atomic mass is 16.2. The van der Waals surface area contributed by atoms with Gasteiger partial charge in [-0.1, -0.05) is 175 Å². The number of rotatable bonds is 32. The van der Waals surface area contributed by atoms with Crippen molar-refractivity contribution in [3.8, 4) is 0 Å². The van der Waals surface area contributed by atoms with E-state index in [2.05, 4.69) is 42.4 Å². The minimum absolute atomic E-state index is 0.00585. The van der Waals surface area contributed by atoms with Gasteiger partial charge in [-0.3, -0.25) is 19.5 Å². The average molecular weight is 675 g/mol. The van der Waals surface area contributed by atoms with Gasteiger partial charge in [-0.2, -0.15) is 0 Å². The van der Waals surface area contributed by atoms with Gasteiger partial charge < -0.3 is 0 Å².